The van der Waals surface area contributed by atoms with Crippen molar-refractivity contribution in [2.45, 2.75) is 32.7 Å². The van der Waals surface area contributed by atoms with E-state index in [1.807, 2.05) is 79.9 Å². The van der Waals surface area contributed by atoms with Crippen molar-refractivity contribution in [1.82, 2.24) is 9.47 Å². The van der Waals surface area contributed by atoms with Crippen LogP contribution in [0.15, 0.2) is 85.1 Å². The molecule has 9 heteroatoms. The van der Waals surface area contributed by atoms with Gasteiger partial charge in [-0.15, -0.1) is 0 Å². The number of amides is 3. The number of para-hydroxylation sites is 2. The van der Waals surface area contributed by atoms with Crippen LogP contribution in [-0.4, -0.2) is 55.3 Å². The molecular weight excluding hydrogens is 544 g/mol. The van der Waals surface area contributed by atoms with Crippen LogP contribution in [0.4, 0.5) is 16.2 Å². The van der Waals surface area contributed by atoms with Crippen molar-refractivity contribution in [3.05, 3.63) is 96.3 Å². The Hall–Kier alpha value is -4.92. The van der Waals surface area contributed by atoms with Gasteiger partial charge < -0.3 is 29.0 Å². The minimum absolute atomic E-state index is 0.110. The Balaban J connectivity index is 1.51. The number of urea groups is 1. The first-order chi connectivity index (χ1) is 21.0. The van der Waals surface area contributed by atoms with Crippen LogP contribution >= 0.6 is 0 Å². The quantitative estimate of drug-likeness (QED) is 0.214. The number of hydrogen-bond donors (Lipinski definition) is 1. The molecule has 1 unspecified atom stereocenters. The average Bonchev–Trinajstić information content (AvgIpc) is 3.53. The number of hydrogen-bond acceptors (Lipinski definition) is 5. The van der Waals surface area contributed by atoms with Crippen LogP contribution < -0.4 is 24.4 Å². The van der Waals surface area contributed by atoms with Gasteiger partial charge in [-0.1, -0.05) is 25.5 Å². The summed E-state index contributed by atoms with van der Waals surface area (Å²) in [6.45, 7) is 4.87. The molecule has 1 N–H and O–H groups in total. The number of carbonyl (C=O) groups is 2. The van der Waals surface area contributed by atoms with Gasteiger partial charge in [0.15, 0.2) is 0 Å². The number of carbonyl (C=O) groups excluding carboxylic acids is 2. The number of nitrogens with one attached hydrogen (secondary N) is 1. The van der Waals surface area contributed by atoms with Crippen molar-refractivity contribution in [2.24, 2.45) is 0 Å². The minimum atomic E-state index is -0.523. The first-order valence-electron chi connectivity index (χ1n) is 14.6. The molecule has 2 heterocycles. The Bertz CT molecular complexity index is 1570. The number of ether oxygens (including phenoxy) is 3. The van der Waals surface area contributed by atoms with Crippen LogP contribution in [0.1, 0.15) is 44.0 Å². The number of fused-ring (bicyclic) bond motifs is 3. The van der Waals surface area contributed by atoms with E-state index in [9.17, 15) is 9.59 Å². The van der Waals surface area contributed by atoms with Gasteiger partial charge in [-0.2, -0.15) is 0 Å². The zero-order valence-corrected chi connectivity index (χ0v) is 25.1. The number of anilines is 2. The summed E-state index contributed by atoms with van der Waals surface area (Å²) in [6, 6.07) is 23.7. The summed E-state index contributed by atoms with van der Waals surface area (Å²) < 4.78 is 19.0. The Labute approximate surface area is 252 Å². The van der Waals surface area contributed by atoms with Gasteiger partial charge in [0, 0.05) is 24.0 Å². The molecule has 0 saturated carbocycles. The molecule has 43 heavy (non-hydrogen) atoms. The molecule has 9 nitrogen and oxygen atoms in total. The maximum atomic E-state index is 14.5. The number of aromatic nitrogens is 1. The highest BCUT2D eigenvalue weighted by Gasteiger charge is 2.38. The molecule has 0 aliphatic carbocycles. The molecular formula is C34H38N4O5. The van der Waals surface area contributed by atoms with Crippen LogP contribution in [0.2, 0.25) is 0 Å². The predicted molar refractivity (Wildman–Crippen MR) is 168 cm³/mol. The van der Waals surface area contributed by atoms with Gasteiger partial charge in [0.25, 0.3) is 0 Å². The monoisotopic (exact) mass is 582 g/mol. The van der Waals surface area contributed by atoms with Gasteiger partial charge in [-0.3, -0.25) is 9.69 Å². The van der Waals surface area contributed by atoms with Crippen molar-refractivity contribution in [2.75, 3.05) is 44.1 Å². The summed E-state index contributed by atoms with van der Waals surface area (Å²) in [5.74, 6) is 1.80. The van der Waals surface area contributed by atoms with E-state index in [-0.39, 0.29) is 18.5 Å². The summed E-state index contributed by atoms with van der Waals surface area (Å²) in [5.41, 5.74) is 3.94. The summed E-state index contributed by atoms with van der Waals surface area (Å²) in [5, 5.41) is 2.96. The normalized spacial score (nSPS) is 13.5. The van der Waals surface area contributed by atoms with Crippen molar-refractivity contribution in [1.29, 1.82) is 0 Å². The molecule has 0 saturated heterocycles. The van der Waals surface area contributed by atoms with Crippen LogP contribution in [0.25, 0.3) is 5.69 Å². The zero-order valence-electron chi connectivity index (χ0n) is 25.1. The highest BCUT2D eigenvalue weighted by molar-refractivity contribution is 6.01. The van der Waals surface area contributed by atoms with E-state index in [0.29, 0.717) is 30.3 Å². The van der Waals surface area contributed by atoms with Gasteiger partial charge in [0.2, 0.25) is 5.91 Å². The van der Waals surface area contributed by atoms with E-state index in [4.69, 9.17) is 14.2 Å². The van der Waals surface area contributed by atoms with Gasteiger partial charge in [0.05, 0.1) is 37.9 Å². The SMILES string of the molecule is CCCCN(CC(=O)N1c2ccccc2-n2cccc2C1c1cc(OC)ccc1OC)C(=O)Nc1ccc(OCC)cc1. The maximum absolute atomic E-state index is 14.5. The highest BCUT2D eigenvalue weighted by Crippen LogP contribution is 2.45. The zero-order chi connectivity index (χ0) is 30.3. The van der Waals surface area contributed by atoms with Crippen molar-refractivity contribution >= 4 is 23.3 Å². The summed E-state index contributed by atoms with van der Waals surface area (Å²) in [4.78, 5) is 31.4. The summed E-state index contributed by atoms with van der Waals surface area (Å²) in [7, 11) is 3.23. The van der Waals surface area contributed by atoms with E-state index in [1.54, 1.807) is 36.2 Å². The molecule has 0 spiro atoms. The second-order valence-electron chi connectivity index (χ2n) is 10.2. The van der Waals surface area contributed by atoms with E-state index in [2.05, 4.69) is 16.8 Å². The lowest BCUT2D eigenvalue weighted by molar-refractivity contribution is -0.119. The van der Waals surface area contributed by atoms with E-state index in [0.717, 1.165) is 41.2 Å². The smallest absolute Gasteiger partial charge is 0.322 e. The Kier molecular flexibility index (Phi) is 9.20. The van der Waals surface area contributed by atoms with Gasteiger partial charge >= 0.3 is 6.03 Å². The molecule has 0 fully saturated rings. The lowest BCUT2D eigenvalue weighted by Gasteiger charge is -2.40. The fraction of sp³-hybridized carbons (Fsp3) is 0.294. The molecule has 1 aliphatic heterocycles. The van der Waals surface area contributed by atoms with Crippen molar-refractivity contribution < 1.29 is 23.8 Å². The summed E-state index contributed by atoms with van der Waals surface area (Å²) >= 11 is 0. The van der Waals surface area contributed by atoms with Gasteiger partial charge in [-0.05, 0) is 80.1 Å². The maximum Gasteiger partial charge on any atom is 0.322 e. The molecule has 1 aromatic heterocycles. The summed E-state index contributed by atoms with van der Waals surface area (Å²) in [6.07, 6.45) is 3.63. The fourth-order valence-electron chi connectivity index (χ4n) is 5.45. The van der Waals surface area contributed by atoms with E-state index >= 15 is 0 Å². The lowest BCUT2D eigenvalue weighted by Crippen LogP contribution is -2.48. The number of rotatable bonds is 11. The highest BCUT2D eigenvalue weighted by atomic mass is 16.5. The first-order valence-corrected chi connectivity index (χ1v) is 14.6. The fourth-order valence-corrected chi connectivity index (χ4v) is 5.45. The third-order valence-corrected chi connectivity index (χ3v) is 7.53. The van der Waals surface area contributed by atoms with Crippen molar-refractivity contribution in [3.8, 4) is 22.9 Å². The van der Waals surface area contributed by atoms with E-state index in [1.165, 1.54) is 0 Å². The third kappa shape index (κ3) is 6.16. The molecule has 0 bridgehead atoms. The molecule has 4 aromatic rings. The first kappa shape index (κ1) is 29.6. The number of methoxy groups -OCH3 is 2. The van der Waals surface area contributed by atoms with Gasteiger partial charge in [-0.25, -0.2) is 4.79 Å². The minimum Gasteiger partial charge on any atom is -0.497 e. The molecule has 3 amide bonds. The molecule has 1 atom stereocenters. The lowest BCUT2D eigenvalue weighted by atomic mass is 9.96. The van der Waals surface area contributed by atoms with Crippen LogP contribution in [-0.2, 0) is 4.79 Å². The van der Waals surface area contributed by atoms with Crippen LogP contribution in [0, 0.1) is 0 Å². The Morgan fingerprint density at radius 1 is 0.884 bits per heavy atom. The molecule has 0 radical (unpaired) electrons. The second-order valence-corrected chi connectivity index (χ2v) is 10.2. The molecule has 1 aliphatic rings. The molecule has 5 rings (SSSR count). The molecule has 224 valence electrons. The Morgan fingerprint density at radius 3 is 2.33 bits per heavy atom. The predicted octanol–water partition coefficient (Wildman–Crippen LogP) is 6.66. The largest absolute Gasteiger partial charge is 0.497 e. The third-order valence-electron chi connectivity index (χ3n) is 7.53. The van der Waals surface area contributed by atoms with Gasteiger partial charge in [0.1, 0.15) is 29.8 Å². The topological polar surface area (TPSA) is 85.3 Å². The van der Waals surface area contributed by atoms with Crippen LogP contribution in [0.3, 0.4) is 0 Å². The Morgan fingerprint density at radius 2 is 1.63 bits per heavy atom. The van der Waals surface area contributed by atoms with E-state index < -0.39 is 6.04 Å². The molecule has 3 aromatic carbocycles. The average molecular weight is 583 g/mol. The number of benzene rings is 3. The standard InChI is InChI=1S/C34H38N4O5/c1-5-7-20-36(34(40)35-24-14-16-25(17-15-24)43-6-2)23-32(39)38-29-12-9-8-11-28(29)37-21-10-13-30(37)33(38)27-22-26(41-3)18-19-31(27)42-4/h8-19,21-22,33H,5-7,20,23H2,1-4H3,(H,35,40). The van der Waals surface area contributed by atoms with Crippen LogP contribution in [0.5, 0.6) is 17.2 Å². The number of nitrogens with zero attached hydrogens (tertiary/aromatic N) is 3. The second kappa shape index (κ2) is 13.4. The number of unbranched alkanes of at least 4 members (excludes halogenated alkanes) is 1. The van der Waals surface area contributed by atoms with Crippen molar-refractivity contribution in [3.63, 3.8) is 0 Å².